The molecule has 0 radical (unpaired) electrons. The highest BCUT2D eigenvalue weighted by Crippen LogP contribution is 2.26. The Morgan fingerprint density at radius 2 is 1.79 bits per heavy atom. The van der Waals surface area contributed by atoms with E-state index in [1.54, 1.807) is 17.5 Å². The van der Waals surface area contributed by atoms with E-state index in [1.807, 2.05) is 30.3 Å². The molecule has 8 heteroatoms. The lowest BCUT2D eigenvalue weighted by Gasteiger charge is -2.30. The van der Waals surface area contributed by atoms with E-state index < -0.39 is 10.0 Å². The van der Waals surface area contributed by atoms with Crippen LogP contribution < -0.4 is 10.9 Å². The Balaban J connectivity index is 1.52. The zero-order valence-electron chi connectivity index (χ0n) is 13.0. The van der Waals surface area contributed by atoms with Gasteiger partial charge in [-0.25, -0.2) is 8.42 Å². The number of benzene rings is 1. The first kappa shape index (κ1) is 16.9. The van der Waals surface area contributed by atoms with Gasteiger partial charge in [0, 0.05) is 19.0 Å². The van der Waals surface area contributed by atoms with Gasteiger partial charge in [-0.2, -0.15) is 4.31 Å². The number of hydrazine groups is 1. The second-order valence-corrected chi connectivity index (χ2v) is 8.70. The van der Waals surface area contributed by atoms with E-state index in [2.05, 4.69) is 10.9 Å². The fourth-order valence-corrected chi connectivity index (χ4v) is 5.27. The molecule has 1 aliphatic rings. The number of carbonyl (C=O) groups is 1. The molecule has 1 fully saturated rings. The summed E-state index contributed by atoms with van der Waals surface area (Å²) in [7, 11) is -3.42. The van der Waals surface area contributed by atoms with Gasteiger partial charge in [-0.05, 0) is 36.4 Å². The van der Waals surface area contributed by atoms with Crippen molar-refractivity contribution in [1.82, 2.24) is 9.73 Å². The fourth-order valence-electron chi connectivity index (χ4n) is 2.65. The van der Waals surface area contributed by atoms with Gasteiger partial charge in [-0.15, -0.1) is 11.3 Å². The summed E-state index contributed by atoms with van der Waals surface area (Å²) < 4.78 is 26.7. The summed E-state index contributed by atoms with van der Waals surface area (Å²) >= 11 is 1.22. The maximum Gasteiger partial charge on any atom is 0.252 e. The zero-order chi connectivity index (χ0) is 17.0. The molecule has 2 N–H and O–H groups in total. The van der Waals surface area contributed by atoms with Crippen LogP contribution >= 0.6 is 11.3 Å². The molecule has 0 atom stereocenters. The van der Waals surface area contributed by atoms with Crippen LogP contribution in [0.4, 0.5) is 5.69 Å². The summed E-state index contributed by atoms with van der Waals surface area (Å²) in [4.78, 5) is 12.2. The molecule has 2 heterocycles. The Morgan fingerprint density at radius 1 is 1.08 bits per heavy atom. The van der Waals surface area contributed by atoms with E-state index >= 15 is 0 Å². The van der Waals surface area contributed by atoms with Gasteiger partial charge in [-0.1, -0.05) is 24.3 Å². The van der Waals surface area contributed by atoms with Crippen LogP contribution in [0.1, 0.15) is 12.8 Å². The molecule has 0 spiro atoms. The third-order valence-corrected chi connectivity index (χ3v) is 7.29. The van der Waals surface area contributed by atoms with Crippen LogP contribution in [-0.2, 0) is 14.8 Å². The Hall–Kier alpha value is -1.90. The predicted molar refractivity (Wildman–Crippen MR) is 94.0 cm³/mol. The van der Waals surface area contributed by atoms with E-state index in [1.165, 1.54) is 15.6 Å². The van der Waals surface area contributed by atoms with Crippen LogP contribution in [0, 0.1) is 5.92 Å². The molecule has 1 aromatic heterocycles. The summed E-state index contributed by atoms with van der Waals surface area (Å²) in [6.45, 7) is 0.729. The highest BCUT2D eigenvalue weighted by atomic mass is 32.2. The second kappa shape index (κ2) is 7.33. The van der Waals surface area contributed by atoms with E-state index in [0.29, 0.717) is 30.1 Å². The van der Waals surface area contributed by atoms with Crippen molar-refractivity contribution in [2.75, 3.05) is 18.5 Å². The normalized spacial score (nSPS) is 16.7. The molecule has 0 unspecified atom stereocenters. The van der Waals surface area contributed by atoms with Crippen LogP contribution in [0.5, 0.6) is 0 Å². The van der Waals surface area contributed by atoms with Gasteiger partial charge in [0.25, 0.3) is 10.0 Å². The summed E-state index contributed by atoms with van der Waals surface area (Å²) in [6, 6.07) is 12.7. The minimum Gasteiger partial charge on any atom is -0.299 e. The lowest BCUT2D eigenvalue weighted by molar-refractivity contribution is -0.125. The molecule has 24 heavy (non-hydrogen) atoms. The van der Waals surface area contributed by atoms with E-state index in [0.717, 1.165) is 5.69 Å². The number of amides is 1. The van der Waals surface area contributed by atoms with Crippen molar-refractivity contribution >= 4 is 33.0 Å². The maximum absolute atomic E-state index is 12.5. The Kier molecular flexibility index (Phi) is 5.17. The van der Waals surface area contributed by atoms with Crippen LogP contribution in [0.15, 0.2) is 52.1 Å². The van der Waals surface area contributed by atoms with Gasteiger partial charge >= 0.3 is 0 Å². The molecule has 128 valence electrons. The number of nitrogens with zero attached hydrogens (tertiary/aromatic N) is 1. The lowest BCUT2D eigenvalue weighted by atomic mass is 9.98. The molecular formula is C16H19N3O3S2. The number of nitrogens with one attached hydrogen (secondary N) is 2. The van der Waals surface area contributed by atoms with Crippen molar-refractivity contribution in [2.45, 2.75) is 17.1 Å². The summed E-state index contributed by atoms with van der Waals surface area (Å²) in [5, 5.41) is 1.75. The van der Waals surface area contributed by atoms with E-state index in [9.17, 15) is 13.2 Å². The van der Waals surface area contributed by atoms with Crippen molar-refractivity contribution in [2.24, 2.45) is 5.92 Å². The second-order valence-electron chi connectivity index (χ2n) is 5.59. The average Bonchev–Trinajstić information content (AvgIpc) is 3.16. The minimum atomic E-state index is -3.42. The molecule has 1 aliphatic heterocycles. The zero-order valence-corrected chi connectivity index (χ0v) is 14.6. The molecule has 1 aromatic carbocycles. The minimum absolute atomic E-state index is 0.105. The highest BCUT2D eigenvalue weighted by Gasteiger charge is 2.32. The summed E-state index contributed by atoms with van der Waals surface area (Å²) in [6.07, 6.45) is 1.04. The van der Waals surface area contributed by atoms with Gasteiger partial charge in [0.2, 0.25) is 5.91 Å². The number of piperidine rings is 1. The number of thiophene rings is 1. The molecule has 6 nitrogen and oxygen atoms in total. The van der Waals surface area contributed by atoms with Crippen LogP contribution in [0.2, 0.25) is 0 Å². The van der Waals surface area contributed by atoms with Crippen molar-refractivity contribution < 1.29 is 13.2 Å². The van der Waals surface area contributed by atoms with Gasteiger partial charge in [0.05, 0.1) is 5.69 Å². The van der Waals surface area contributed by atoms with Crippen LogP contribution in [-0.4, -0.2) is 31.7 Å². The number of hydrogen-bond donors (Lipinski definition) is 2. The number of hydrogen-bond acceptors (Lipinski definition) is 5. The van der Waals surface area contributed by atoms with Crippen molar-refractivity contribution in [1.29, 1.82) is 0 Å². The van der Waals surface area contributed by atoms with Crippen molar-refractivity contribution in [3.05, 3.63) is 47.8 Å². The highest BCUT2D eigenvalue weighted by molar-refractivity contribution is 7.91. The molecule has 1 amide bonds. The maximum atomic E-state index is 12.5. The van der Waals surface area contributed by atoms with Gasteiger partial charge in [0.15, 0.2) is 0 Å². The number of para-hydroxylation sites is 1. The first-order chi connectivity index (χ1) is 11.6. The van der Waals surface area contributed by atoms with Crippen molar-refractivity contribution in [3.8, 4) is 0 Å². The largest absolute Gasteiger partial charge is 0.299 e. The topological polar surface area (TPSA) is 78.5 Å². The Labute approximate surface area is 145 Å². The number of rotatable bonds is 5. The fraction of sp³-hybridized carbons (Fsp3) is 0.312. The molecule has 0 bridgehead atoms. The average molecular weight is 365 g/mol. The van der Waals surface area contributed by atoms with E-state index in [4.69, 9.17) is 0 Å². The van der Waals surface area contributed by atoms with Gasteiger partial charge in [-0.3, -0.25) is 15.6 Å². The number of carbonyl (C=O) groups excluding carboxylic acids is 1. The first-order valence-corrected chi connectivity index (χ1v) is 10.0. The molecule has 2 aromatic rings. The molecule has 0 aliphatic carbocycles. The van der Waals surface area contributed by atoms with Crippen molar-refractivity contribution in [3.63, 3.8) is 0 Å². The summed E-state index contributed by atoms with van der Waals surface area (Å²) in [5.41, 5.74) is 6.38. The lowest BCUT2D eigenvalue weighted by Crippen LogP contribution is -2.44. The molecule has 3 rings (SSSR count). The third-order valence-electron chi connectivity index (χ3n) is 4.02. The number of sulfonamides is 1. The van der Waals surface area contributed by atoms with Crippen LogP contribution in [0.3, 0.4) is 0 Å². The Morgan fingerprint density at radius 3 is 2.42 bits per heavy atom. The number of anilines is 1. The standard InChI is InChI=1S/C16H19N3O3S2/c20-16(18-17-14-5-2-1-3-6-14)13-8-10-19(11-9-13)24(21,22)15-7-4-12-23-15/h1-7,12-13,17H,8-11H2,(H,18,20). The SMILES string of the molecule is O=C(NNc1ccccc1)C1CCN(S(=O)(=O)c2cccs2)CC1. The van der Waals surface area contributed by atoms with Gasteiger partial charge in [0.1, 0.15) is 4.21 Å². The molecule has 1 saturated heterocycles. The smallest absolute Gasteiger partial charge is 0.252 e. The van der Waals surface area contributed by atoms with Crippen LogP contribution in [0.25, 0.3) is 0 Å². The Bertz CT molecular complexity index is 768. The quantitative estimate of drug-likeness (QED) is 0.797. The molecule has 0 saturated carbocycles. The first-order valence-electron chi connectivity index (χ1n) is 7.72. The molecular weight excluding hydrogens is 346 g/mol. The van der Waals surface area contributed by atoms with E-state index in [-0.39, 0.29) is 11.8 Å². The predicted octanol–water partition coefficient (Wildman–Crippen LogP) is 2.29. The third kappa shape index (κ3) is 3.77. The summed E-state index contributed by atoms with van der Waals surface area (Å²) in [5.74, 6) is -0.289. The van der Waals surface area contributed by atoms with Gasteiger partial charge < -0.3 is 0 Å². The monoisotopic (exact) mass is 365 g/mol.